The summed E-state index contributed by atoms with van der Waals surface area (Å²) in [6, 6.07) is -0.00357. The summed E-state index contributed by atoms with van der Waals surface area (Å²) in [5, 5.41) is -0.873. The molecule has 0 radical (unpaired) electrons. The number of esters is 1. The van der Waals surface area contributed by atoms with Gasteiger partial charge >= 0.3 is 5.97 Å². The van der Waals surface area contributed by atoms with Crippen LogP contribution < -0.4 is 4.74 Å². The largest absolute Gasteiger partial charge is 0.419 e. The molecule has 2 amide bonds. The highest BCUT2D eigenvalue weighted by Crippen LogP contribution is 2.36. The highest BCUT2D eigenvalue weighted by molar-refractivity contribution is 8.01. The van der Waals surface area contributed by atoms with Gasteiger partial charge in [-0.3, -0.25) is 24.1 Å². The van der Waals surface area contributed by atoms with E-state index in [2.05, 4.69) is 4.74 Å². The molecule has 0 bridgehead atoms. The fourth-order valence-electron chi connectivity index (χ4n) is 5.71. The van der Waals surface area contributed by atoms with Crippen molar-refractivity contribution >= 4 is 35.3 Å². The molecule has 2 aliphatic carbocycles. The van der Waals surface area contributed by atoms with E-state index in [1.165, 1.54) is 17.7 Å². The van der Waals surface area contributed by atoms with Crippen molar-refractivity contribution in [3.63, 3.8) is 0 Å². The van der Waals surface area contributed by atoms with Crippen molar-refractivity contribution in [3.8, 4) is 5.75 Å². The van der Waals surface area contributed by atoms with E-state index in [0.717, 1.165) is 63.1 Å². The average Bonchev–Trinajstić information content (AvgIpc) is 3.08. The molecule has 3 fully saturated rings. The molecule has 0 spiro atoms. The van der Waals surface area contributed by atoms with Crippen LogP contribution in [-0.2, 0) is 19.2 Å². The van der Waals surface area contributed by atoms with Crippen LogP contribution in [0.5, 0.6) is 5.75 Å². The molecule has 1 unspecified atom stereocenters. The number of hydrogen-bond acceptors (Lipinski definition) is 6. The Kier molecular flexibility index (Phi) is 9.49. The van der Waals surface area contributed by atoms with Gasteiger partial charge in [-0.2, -0.15) is 8.78 Å². The second kappa shape index (κ2) is 12.6. The molecule has 6 nitrogen and oxygen atoms in total. The Bertz CT molecular complexity index is 1060. The van der Waals surface area contributed by atoms with E-state index in [-0.39, 0.29) is 42.7 Å². The molecule has 4 rings (SSSR count). The van der Waals surface area contributed by atoms with E-state index in [4.69, 9.17) is 0 Å². The van der Waals surface area contributed by atoms with Gasteiger partial charge in [0.2, 0.25) is 29.2 Å². The molecule has 0 N–H and O–H groups in total. The van der Waals surface area contributed by atoms with Gasteiger partial charge < -0.3 is 4.74 Å². The second-order valence-electron chi connectivity index (χ2n) is 10.4. The predicted molar refractivity (Wildman–Crippen MR) is 131 cm³/mol. The standard InChI is InChI=1S/C27H31F4NO5S/c28-18-11-19(29)24(31)26(23(18)30)37-22(34)14-38-20-12-21(33)32(27(20)36)13-15-7-9-17(10-8-15)25(35)16-5-3-1-2-4-6-16/h11,15-17,20H,1-10,12-14H2. The van der Waals surface area contributed by atoms with Crippen LogP contribution >= 0.6 is 11.8 Å². The van der Waals surface area contributed by atoms with Gasteiger partial charge in [-0.05, 0) is 44.4 Å². The lowest BCUT2D eigenvalue weighted by Gasteiger charge is -2.31. The van der Waals surface area contributed by atoms with Crippen LogP contribution in [0, 0.1) is 41.0 Å². The number of imide groups is 1. The number of carbonyl (C=O) groups is 4. The molecule has 208 valence electrons. The zero-order valence-electron chi connectivity index (χ0n) is 21.0. The lowest BCUT2D eigenvalue weighted by atomic mass is 9.75. The molecular weight excluding hydrogens is 526 g/mol. The number of benzene rings is 1. The number of nitrogens with zero attached hydrogens (tertiary/aromatic N) is 1. The van der Waals surface area contributed by atoms with E-state index in [1.54, 1.807) is 0 Å². The fraction of sp³-hybridized carbons (Fsp3) is 0.630. The van der Waals surface area contributed by atoms with Crippen molar-refractivity contribution in [2.24, 2.45) is 17.8 Å². The first kappa shape index (κ1) is 28.6. The molecule has 1 atom stereocenters. The average molecular weight is 558 g/mol. The molecule has 0 aromatic heterocycles. The van der Waals surface area contributed by atoms with Crippen LogP contribution in [0.4, 0.5) is 17.6 Å². The van der Waals surface area contributed by atoms with Crippen molar-refractivity contribution in [3.05, 3.63) is 29.3 Å². The zero-order valence-corrected chi connectivity index (χ0v) is 21.8. The number of Topliss-reactive ketones (excluding diaryl/α,β-unsaturated/α-hetero) is 1. The smallest absolute Gasteiger partial charge is 0.321 e. The molecule has 1 aliphatic heterocycles. The summed E-state index contributed by atoms with van der Waals surface area (Å²) in [6.45, 7) is 0.252. The van der Waals surface area contributed by atoms with Crippen LogP contribution in [0.3, 0.4) is 0 Å². The van der Waals surface area contributed by atoms with Gasteiger partial charge in [-0.25, -0.2) is 8.78 Å². The molecule has 2 saturated carbocycles. The second-order valence-corrected chi connectivity index (χ2v) is 11.6. The quantitative estimate of drug-likeness (QED) is 0.107. The van der Waals surface area contributed by atoms with Gasteiger partial charge in [0.25, 0.3) is 0 Å². The predicted octanol–water partition coefficient (Wildman–Crippen LogP) is 5.36. The third kappa shape index (κ3) is 6.58. The Balaban J connectivity index is 1.24. The lowest BCUT2D eigenvalue weighted by Crippen LogP contribution is -2.38. The van der Waals surface area contributed by atoms with Crippen LogP contribution in [0.25, 0.3) is 0 Å². The molecule has 1 heterocycles. The number of hydrogen-bond donors (Lipinski definition) is 0. The summed E-state index contributed by atoms with van der Waals surface area (Å²) in [5.41, 5.74) is 0. The zero-order chi connectivity index (χ0) is 27.4. The van der Waals surface area contributed by atoms with Crippen molar-refractivity contribution < 1.29 is 41.5 Å². The maximum absolute atomic E-state index is 13.7. The van der Waals surface area contributed by atoms with Crippen LogP contribution in [0.1, 0.15) is 70.6 Å². The molecule has 1 aromatic carbocycles. The van der Waals surface area contributed by atoms with E-state index in [1.807, 2.05) is 0 Å². The number of ether oxygens (including phenoxy) is 1. The number of amides is 2. The van der Waals surface area contributed by atoms with E-state index < -0.39 is 51.9 Å². The topological polar surface area (TPSA) is 80.8 Å². The molecule has 1 aromatic rings. The van der Waals surface area contributed by atoms with E-state index in [0.29, 0.717) is 5.78 Å². The maximum atomic E-state index is 13.7. The van der Waals surface area contributed by atoms with Crippen LogP contribution in [0.2, 0.25) is 0 Å². The summed E-state index contributed by atoms with van der Waals surface area (Å²) in [5.74, 6) is -10.5. The minimum absolute atomic E-state index is 0.00357. The van der Waals surface area contributed by atoms with Gasteiger partial charge in [0.05, 0.1) is 11.0 Å². The minimum atomic E-state index is -1.84. The number of halogens is 4. The third-order valence-corrected chi connectivity index (χ3v) is 9.01. The SMILES string of the molecule is O=C(CSC1CC(=O)N(CC2CCC(C(=O)C3CCCCCC3)CC2)C1=O)Oc1c(F)c(F)cc(F)c1F. The Morgan fingerprint density at radius 1 is 0.868 bits per heavy atom. The molecule has 3 aliphatic rings. The number of likely N-dealkylation sites (tertiary alicyclic amines) is 1. The Hall–Kier alpha value is -2.43. The van der Waals surface area contributed by atoms with E-state index in [9.17, 15) is 36.7 Å². The molecule has 1 saturated heterocycles. The summed E-state index contributed by atoms with van der Waals surface area (Å²) in [7, 11) is 0. The van der Waals surface area contributed by atoms with Crippen LogP contribution in [-0.4, -0.2) is 46.0 Å². The first-order valence-electron chi connectivity index (χ1n) is 13.2. The van der Waals surface area contributed by atoms with Gasteiger partial charge in [0, 0.05) is 30.9 Å². The fourth-order valence-corrected chi connectivity index (χ4v) is 6.64. The van der Waals surface area contributed by atoms with Crippen molar-refractivity contribution in [1.82, 2.24) is 4.90 Å². The Morgan fingerprint density at radius 2 is 1.45 bits per heavy atom. The normalized spacial score (nSPS) is 24.9. The first-order chi connectivity index (χ1) is 18.2. The number of thioether (sulfide) groups is 1. The number of carbonyl (C=O) groups excluding carboxylic acids is 4. The summed E-state index contributed by atoms with van der Waals surface area (Å²) in [6.07, 6.45) is 9.45. The lowest BCUT2D eigenvalue weighted by molar-refractivity contribution is -0.139. The minimum Gasteiger partial charge on any atom is -0.419 e. The Labute approximate surface area is 222 Å². The van der Waals surface area contributed by atoms with Crippen LogP contribution in [0.15, 0.2) is 6.07 Å². The highest BCUT2D eigenvalue weighted by atomic mass is 32.2. The van der Waals surface area contributed by atoms with Gasteiger partial charge in [0.1, 0.15) is 5.78 Å². The van der Waals surface area contributed by atoms with E-state index >= 15 is 0 Å². The van der Waals surface area contributed by atoms with Crippen molar-refractivity contribution in [2.45, 2.75) is 75.9 Å². The summed E-state index contributed by atoms with van der Waals surface area (Å²) < 4.78 is 58.5. The van der Waals surface area contributed by atoms with Gasteiger partial charge in [-0.1, -0.05) is 25.7 Å². The Morgan fingerprint density at radius 3 is 2.05 bits per heavy atom. The number of ketones is 1. The summed E-state index contributed by atoms with van der Waals surface area (Å²) >= 11 is 0.767. The van der Waals surface area contributed by atoms with Crippen molar-refractivity contribution in [1.29, 1.82) is 0 Å². The third-order valence-electron chi connectivity index (χ3n) is 7.84. The van der Waals surface area contributed by atoms with Crippen molar-refractivity contribution in [2.75, 3.05) is 12.3 Å². The van der Waals surface area contributed by atoms with Gasteiger partial charge in [0.15, 0.2) is 11.6 Å². The number of rotatable bonds is 8. The highest BCUT2D eigenvalue weighted by Gasteiger charge is 2.41. The maximum Gasteiger partial charge on any atom is 0.321 e. The summed E-state index contributed by atoms with van der Waals surface area (Å²) in [4.78, 5) is 51.6. The molecular formula is C27H31F4NO5S. The van der Waals surface area contributed by atoms with Gasteiger partial charge in [-0.15, -0.1) is 11.8 Å². The molecule has 11 heteroatoms. The monoisotopic (exact) mass is 557 g/mol. The first-order valence-corrected chi connectivity index (χ1v) is 14.2. The molecule has 38 heavy (non-hydrogen) atoms.